The molecular formula is C12H17F3N4O4S2. The largest absolute Gasteiger partial charge is 0.463 e. The molecule has 0 aromatic carbocycles. The number of nitrogens with one attached hydrogen (secondary N) is 2. The Kier molecular flexibility index (Phi) is 7.73. The SMILES string of the molecule is CCOC(=O)N[C@@](Nc1nnc(SCC)s1)(C(=O)OCC)C(F)(F)F. The maximum atomic E-state index is 13.7. The number of carbonyl (C=O) groups is 2. The summed E-state index contributed by atoms with van der Waals surface area (Å²) in [5.41, 5.74) is -3.55. The quantitative estimate of drug-likeness (QED) is 0.389. The number of ether oxygens (including phenoxy) is 2. The fourth-order valence-corrected chi connectivity index (χ4v) is 3.26. The van der Waals surface area contributed by atoms with Gasteiger partial charge < -0.3 is 14.8 Å². The molecule has 0 saturated carbocycles. The summed E-state index contributed by atoms with van der Waals surface area (Å²) < 4.78 is 50.5. The lowest BCUT2D eigenvalue weighted by Crippen LogP contribution is -2.69. The van der Waals surface area contributed by atoms with Gasteiger partial charge in [0.1, 0.15) is 0 Å². The second kappa shape index (κ2) is 9.08. The number of thioether (sulfide) groups is 1. The van der Waals surface area contributed by atoms with Gasteiger partial charge in [-0.25, -0.2) is 9.59 Å². The molecule has 1 heterocycles. The average Bonchev–Trinajstić information content (AvgIpc) is 2.93. The van der Waals surface area contributed by atoms with E-state index in [1.807, 2.05) is 12.2 Å². The van der Waals surface area contributed by atoms with Crippen molar-refractivity contribution in [3.63, 3.8) is 0 Å². The molecule has 8 nitrogen and oxygen atoms in total. The molecule has 0 aliphatic carbocycles. The molecule has 13 heteroatoms. The highest BCUT2D eigenvalue weighted by Crippen LogP contribution is 2.35. The van der Waals surface area contributed by atoms with Crippen molar-refractivity contribution in [2.45, 2.75) is 37.0 Å². The number of rotatable bonds is 8. The van der Waals surface area contributed by atoms with Crippen LogP contribution in [0.25, 0.3) is 0 Å². The number of aromatic nitrogens is 2. The number of alkyl halides is 3. The first kappa shape index (κ1) is 21.3. The van der Waals surface area contributed by atoms with Crippen molar-refractivity contribution < 1.29 is 32.2 Å². The van der Waals surface area contributed by atoms with Crippen molar-refractivity contribution in [3.05, 3.63) is 0 Å². The molecule has 0 aliphatic heterocycles. The summed E-state index contributed by atoms with van der Waals surface area (Å²) in [6.07, 6.45) is -6.68. The lowest BCUT2D eigenvalue weighted by atomic mass is 10.1. The van der Waals surface area contributed by atoms with Gasteiger partial charge in [0.25, 0.3) is 0 Å². The molecule has 1 aromatic rings. The molecule has 142 valence electrons. The molecule has 0 bridgehead atoms. The number of anilines is 1. The van der Waals surface area contributed by atoms with Crippen LogP contribution in [0.3, 0.4) is 0 Å². The minimum atomic E-state index is -5.24. The highest BCUT2D eigenvalue weighted by atomic mass is 32.2. The van der Waals surface area contributed by atoms with Crippen molar-refractivity contribution in [2.24, 2.45) is 0 Å². The number of esters is 1. The van der Waals surface area contributed by atoms with Crippen LogP contribution in [-0.2, 0) is 14.3 Å². The fraction of sp³-hybridized carbons (Fsp3) is 0.667. The monoisotopic (exact) mass is 402 g/mol. The predicted octanol–water partition coefficient (Wildman–Crippen LogP) is 2.63. The molecule has 0 spiro atoms. The van der Waals surface area contributed by atoms with Gasteiger partial charge in [-0.05, 0) is 19.6 Å². The van der Waals surface area contributed by atoms with Gasteiger partial charge >= 0.3 is 23.9 Å². The maximum Gasteiger partial charge on any atom is 0.442 e. The summed E-state index contributed by atoms with van der Waals surface area (Å²) >= 11 is 2.07. The van der Waals surface area contributed by atoms with Crippen LogP contribution >= 0.6 is 23.1 Å². The topological polar surface area (TPSA) is 102 Å². The lowest BCUT2D eigenvalue weighted by molar-refractivity contribution is -0.205. The molecule has 1 rings (SSSR count). The van der Waals surface area contributed by atoms with Crippen molar-refractivity contribution in [2.75, 3.05) is 24.3 Å². The number of hydrogen-bond donors (Lipinski definition) is 2. The summed E-state index contributed by atoms with van der Waals surface area (Å²) in [4.78, 5) is 23.7. The van der Waals surface area contributed by atoms with Crippen LogP contribution in [0.2, 0.25) is 0 Å². The van der Waals surface area contributed by atoms with E-state index in [1.54, 1.807) is 0 Å². The zero-order valence-electron chi connectivity index (χ0n) is 13.6. The summed E-state index contributed by atoms with van der Waals surface area (Å²) in [5, 5.41) is 10.4. The zero-order chi connectivity index (χ0) is 19.1. The van der Waals surface area contributed by atoms with Crippen LogP contribution in [-0.4, -0.2) is 53.1 Å². The van der Waals surface area contributed by atoms with Crippen molar-refractivity contribution in [1.29, 1.82) is 0 Å². The Morgan fingerprint density at radius 3 is 2.32 bits per heavy atom. The molecule has 0 fully saturated rings. The zero-order valence-corrected chi connectivity index (χ0v) is 15.2. The van der Waals surface area contributed by atoms with E-state index in [4.69, 9.17) is 0 Å². The van der Waals surface area contributed by atoms with Crippen molar-refractivity contribution in [3.8, 4) is 0 Å². The Morgan fingerprint density at radius 1 is 1.16 bits per heavy atom. The van der Waals surface area contributed by atoms with Crippen LogP contribution in [0.4, 0.5) is 23.1 Å². The minimum absolute atomic E-state index is 0.182. The van der Waals surface area contributed by atoms with E-state index in [2.05, 4.69) is 19.7 Å². The molecule has 0 saturated heterocycles. The molecule has 1 atom stereocenters. The van der Waals surface area contributed by atoms with E-state index in [9.17, 15) is 22.8 Å². The van der Waals surface area contributed by atoms with Crippen LogP contribution in [0.5, 0.6) is 0 Å². The Hall–Kier alpha value is -1.76. The third-order valence-electron chi connectivity index (χ3n) is 2.54. The van der Waals surface area contributed by atoms with E-state index < -0.39 is 23.9 Å². The molecule has 1 amide bonds. The molecule has 1 aromatic heterocycles. The number of carbonyl (C=O) groups excluding carboxylic acids is 2. The van der Waals surface area contributed by atoms with E-state index in [0.29, 0.717) is 10.1 Å². The van der Waals surface area contributed by atoms with Crippen LogP contribution < -0.4 is 10.6 Å². The fourth-order valence-electron chi connectivity index (χ4n) is 1.55. The number of alkyl carbamates (subject to hydrolysis) is 1. The third kappa shape index (κ3) is 5.36. The van der Waals surface area contributed by atoms with Gasteiger partial charge in [0.2, 0.25) is 5.13 Å². The van der Waals surface area contributed by atoms with Crippen LogP contribution in [0.15, 0.2) is 4.34 Å². The highest BCUT2D eigenvalue weighted by molar-refractivity contribution is 8.01. The van der Waals surface area contributed by atoms with E-state index in [0.717, 1.165) is 11.3 Å². The first-order chi connectivity index (χ1) is 11.7. The Balaban J connectivity index is 3.25. The van der Waals surface area contributed by atoms with Gasteiger partial charge in [0.05, 0.1) is 13.2 Å². The van der Waals surface area contributed by atoms with Gasteiger partial charge in [0, 0.05) is 0 Å². The summed E-state index contributed by atoms with van der Waals surface area (Å²) in [6, 6.07) is 0. The normalized spacial score (nSPS) is 13.7. The van der Waals surface area contributed by atoms with Crippen molar-refractivity contribution in [1.82, 2.24) is 15.5 Å². The predicted molar refractivity (Wildman–Crippen MR) is 85.5 cm³/mol. The maximum absolute atomic E-state index is 13.7. The summed E-state index contributed by atoms with van der Waals surface area (Å²) in [6.45, 7) is 4.07. The van der Waals surface area contributed by atoms with Gasteiger partial charge in [-0.1, -0.05) is 30.0 Å². The Morgan fingerprint density at radius 2 is 1.80 bits per heavy atom. The van der Waals surface area contributed by atoms with E-state index in [1.165, 1.54) is 30.9 Å². The first-order valence-electron chi connectivity index (χ1n) is 7.13. The van der Waals surface area contributed by atoms with Gasteiger partial charge in [-0.15, -0.1) is 10.2 Å². The lowest BCUT2D eigenvalue weighted by Gasteiger charge is -2.33. The summed E-state index contributed by atoms with van der Waals surface area (Å²) in [7, 11) is 0. The van der Waals surface area contributed by atoms with Gasteiger partial charge in [-0.2, -0.15) is 13.2 Å². The van der Waals surface area contributed by atoms with E-state index >= 15 is 0 Å². The Bertz CT molecular complexity index is 599. The van der Waals surface area contributed by atoms with Crippen LogP contribution in [0.1, 0.15) is 20.8 Å². The van der Waals surface area contributed by atoms with E-state index in [-0.39, 0.29) is 18.3 Å². The number of halogens is 3. The third-order valence-corrected chi connectivity index (χ3v) is 4.39. The smallest absolute Gasteiger partial charge is 0.442 e. The number of hydrogen-bond acceptors (Lipinski definition) is 9. The molecule has 0 aliphatic rings. The average molecular weight is 402 g/mol. The molecule has 2 N–H and O–H groups in total. The molecular weight excluding hydrogens is 385 g/mol. The standard InChI is InChI=1S/C12H17F3N4O4S2/c1-4-22-7(20)11(12(13,14)15,17-9(21)23-5-2)16-8-18-19-10(25-8)24-6-3/h4-6H2,1-3H3,(H,16,18)(H,17,21)/t11-/m0/s1. The molecule has 0 radical (unpaired) electrons. The van der Waals surface area contributed by atoms with Gasteiger partial charge in [-0.3, -0.25) is 5.32 Å². The van der Waals surface area contributed by atoms with Crippen LogP contribution in [0, 0.1) is 0 Å². The minimum Gasteiger partial charge on any atom is -0.463 e. The second-order valence-electron chi connectivity index (χ2n) is 4.24. The van der Waals surface area contributed by atoms with Gasteiger partial charge in [0.15, 0.2) is 4.34 Å². The van der Waals surface area contributed by atoms with Crippen molar-refractivity contribution >= 4 is 40.3 Å². The first-order valence-corrected chi connectivity index (χ1v) is 8.93. The summed E-state index contributed by atoms with van der Waals surface area (Å²) in [5.74, 6) is -1.10. The Labute approximate surface area is 149 Å². The molecule has 0 unspecified atom stereocenters. The number of amides is 1. The second-order valence-corrected chi connectivity index (χ2v) is 6.73. The number of nitrogens with zero attached hydrogens (tertiary/aromatic N) is 2. The molecule has 25 heavy (non-hydrogen) atoms. The highest BCUT2D eigenvalue weighted by Gasteiger charge is 2.64.